The molecule has 0 saturated carbocycles. The average Bonchev–Trinajstić information content (AvgIpc) is 2.53. The van der Waals surface area contributed by atoms with Crippen LogP contribution in [-0.4, -0.2) is 27.1 Å². The Labute approximate surface area is 163 Å². The van der Waals surface area contributed by atoms with Crippen LogP contribution in [0.2, 0.25) is 0 Å². The van der Waals surface area contributed by atoms with E-state index < -0.39 is 10.0 Å². The van der Waals surface area contributed by atoms with Crippen molar-refractivity contribution in [3.63, 3.8) is 0 Å². The van der Waals surface area contributed by atoms with Gasteiger partial charge >= 0.3 is 0 Å². The van der Waals surface area contributed by atoms with Crippen LogP contribution < -0.4 is 9.62 Å². The van der Waals surface area contributed by atoms with Crippen LogP contribution >= 0.6 is 15.9 Å². The minimum absolute atomic E-state index is 0.216. The zero-order chi connectivity index (χ0) is 19.5. The van der Waals surface area contributed by atoms with Crippen LogP contribution in [0.25, 0.3) is 0 Å². The summed E-state index contributed by atoms with van der Waals surface area (Å²) in [6.07, 6.45) is 1.09. The number of sulfonamides is 1. The number of aryl methyl sites for hydroxylation is 2. The second-order valence-electron chi connectivity index (χ2n) is 6.40. The van der Waals surface area contributed by atoms with Crippen LogP contribution in [0.1, 0.15) is 29.7 Å². The zero-order valence-electron chi connectivity index (χ0n) is 15.3. The first-order valence-corrected chi connectivity index (χ1v) is 10.8. The van der Waals surface area contributed by atoms with Crippen LogP contribution in [-0.2, 0) is 14.8 Å². The maximum atomic E-state index is 12.5. The Morgan fingerprint density at radius 1 is 1.19 bits per heavy atom. The van der Waals surface area contributed by atoms with Crippen molar-refractivity contribution in [1.82, 2.24) is 5.32 Å². The summed E-state index contributed by atoms with van der Waals surface area (Å²) in [4.78, 5) is 12.5. The molecule has 7 heteroatoms. The number of nitrogens with one attached hydrogen (secondary N) is 1. The molecule has 1 amide bonds. The van der Waals surface area contributed by atoms with Gasteiger partial charge in [-0.05, 0) is 50.1 Å². The van der Waals surface area contributed by atoms with Gasteiger partial charge in [0.25, 0.3) is 0 Å². The molecule has 1 N–H and O–H groups in total. The molecule has 0 aliphatic heterocycles. The maximum Gasteiger partial charge on any atom is 0.241 e. The first-order chi connectivity index (χ1) is 12.1. The molecule has 140 valence electrons. The van der Waals surface area contributed by atoms with E-state index in [0.717, 1.165) is 31.7 Å². The van der Waals surface area contributed by atoms with Gasteiger partial charge in [0.15, 0.2) is 0 Å². The Bertz CT molecular complexity index is 913. The molecule has 0 unspecified atom stereocenters. The molecule has 2 aromatic carbocycles. The van der Waals surface area contributed by atoms with Gasteiger partial charge < -0.3 is 5.32 Å². The lowest BCUT2D eigenvalue weighted by molar-refractivity contribution is -0.120. The van der Waals surface area contributed by atoms with Crippen LogP contribution in [0, 0.1) is 13.8 Å². The number of nitrogens with zero attached hydrogens (tertiary/aromatic N) is 1. The van der Waals surface area contributed by atoms with E-state index in [4.69, 9.17) is 0 Å². The van der Waals surface area contributed by atoms with Crippen molar-refractivity contribution >= 4 is 37.5 Å². The molecule has 0 aliphatic rings. The molecule has 0 fully saturated rings. The minimum Gasteiger partial charge on any atom is -0.348 e. The third-order valence-corrected chi connectivity index (χ3v) is 5.70. The molecule has 0 bridgehead atoms. The summed E-state index contributed by atoms with van der Waals surface area (Å²) < 4.78 is 26.2. The van der Waals surface area contributed by atoms with Gasteiger partial charge in [-0.15, -0.1) is 0 Å². The van der Waals surface area contributed by atoms with E-state index in [-0.39, 0.29) is 18.5 Å². The fourth-order valence-electron chi connectivity index (χ4n) is 2.75. The normalized spacial score (nSPS) is 12.5. The van der Waals surface area contributed by atoms with Gasteiger partial charge in [0.05, 0.1) is 18.0 Å². The van der Waals surface area contributed by atoms with Gasteiger partial charge in [-0.2, -0.15) is 0 Å². The van der Waals surface area contributed by atoms with Gasteiger partial charge in [-0.25, -0.2) is 8.42 Å². The van der Waals surface area contributed by atoms with Crippen molar-refractivity contribution in [1.29, 1.82) is 0 Å². The monoisotopic (exact) mass is 438 g/mol. The van der Waals surface area contributed by atoms with Crippen molar-refractivity contribution in [3.05, 3.63) is 63.6 Å². The van der Waals surface area contributed by atoms with Crippen molar-refractivity contribution in [2.75, 3.05) is 17.1 Å². The number of hydrogen-bond acceptors (Lipinski definition) is 3. The summed E-state index contributed by atoms with van der Waals surface area (Å²) in [6, 6.07) is 12.7. The molecule has 5 nitrogen and oxygen atoms in total. The SMILES string of the molecule is Cc1ccc(C)c([C@@H](C)NC(=O)CN(c2cccc(Br)c2)S(C)(=O)=O)c1. The highest BCUT2D eigenvalue weighted by molar-refractivity contribution is 9.10. The first kappa shape index (κ1) is 20.5. The maximum absolute atomic E-state index is 12.5. The Morgan fingerprint density at radius 2 is 1.88 bits per heavy atom. The number of benzene rings is 2. The number of rotatable bonds is 6. The number of carbonyl (C=O) groups excluding carboxylic acids is 1. The van der Waals surface area contributed by atoms with Crippen LogP contribution in [0.5, 0.6) is 0 Å². The topological polar surface area (TPSA) is 66.5 Å². The lowest BCUT2D eigenvalue weighted by Gasteiger charge is -2.24. The Kier molecular flexibility index (Phi) is 6.47. The molecule has 1 atom stereocenters. The predicted octanol–water partition coefficient (Wildman–Crippen LogP) is 3.71. The first-order valence-electron chi connectivity index (χ1n) is 8.17. The number of hydrogen-bond donors (Lipinski definition) is 1. The Morgan fingerprint density at radius 3 is 2.50 bits per heavy atom. The van der Waals surface area contributed by atoms with Crippen molar-refractivity contribution in [2.24, 2.45) is 0 Å². The van der Waals surface area contributed by atoms with E-state index in [1.54, 1.807) is 24.3 Å². The quantitative estimate of drug-likeness (QED) is 0.747. The number of anilines is 1. The second-order valence-corrected chi connectivity index (χ2v) is 9.22. The van der Waals surface area contributed by atoms with E-state index in [0.29, 0.717) is 5.69 Å². The molecule has 2 aromatic rings. The van der Waals surface area contributed by atoms with Crippen molar-refractivity contribution < 1.29 is 13.2 Å². The predicted molar refractivity (Wildman–Crippen MR) is 109 cm³/mol. The zero-order valence-corrected chi connectivity index (χ0v) is 17.7. The molecule has 0 spiro atoms. The molecule has 0 radical (unpaired) electrons. The highest BCUT2D eigenvalue weighted by Gasteiger charge is 2.22. The average molecular weight is 439 g/mol. The van der Waals surface area contributed by atoms with Gasteiger partial charge in [-0.3, -0.25) is 9.10 Å². The smallest absolute Gasteiger partial charge is 0.241 e. The van der Waals surface area contributed by atoms with E-state index in [9.17, 15) is 13.2 Å². The lowest BCUT2D eigenvalue weighted by Crippen LogP contribution is -2.41. The summed E-state index contributed by atoms with van der Waals surface area (Å²) in [5, 5.41) is 2.89. The number of amides is 1. The van der Waals surface area contributed by atoms with Gasteiger partial charge in [-0.1, -0.05) is 45.8 Å². The molecular formula is C19H23BrN2O3S. The van der Waals surface area contributed by atoms with Gasteiger partial charge in [0, 0.05) is 4.47 Å². The fraction of sp³-hybridized carbons (Fsp3) is 0.316. The van der Waals surface area contributed by atoms with E-state index in [2.05, 4.69) is 21.2 Å². The largest absolute Gasteiger partial charge is 0.348 e. The molecule has 0 saturated heterocycles. The van der Waals surface area contributed by atoms with Crippen LogP contribution in [0.15, 0.2) is 46.9 Å². The second kappa shape index (κ2) is 8.22. The molecule has 0 aliphatic carbocycles. The highest BCUT2D eigenvalue weighted by Crippen LogP contribution is 2.23. The fourth-order valence-corrected chi connectivity index (χ4v) is 3.99. The molecule has 0 heterocycles. The van der Waals surface area contributed by atoms with Gasteiger partial charge in [0.1, 0.15) is 6.54 Å². The molecule has 0 aromatic heterocycles. The van der Waals surface area contributed by atoms with E-state index in [1.807, 2.05) is 39.0 Å². The van der Waals surface area contributed by atoms with Crippen molar-refractivity contribution in [3.8, 4) is 0 Å². The molecule has 2 rings (SSSR count). The highest BCUT2D eigenvalue weighted by atomic mass is 79.9. The number of carbonyl (C=O) groups is 1. The third kappa shape index (κ3) is 5.32. The summed E-state index contributed by atoms with van der Waals surface area (Å²) in [5.74, 6) is -0.358. The van der Waals surface area contributed by atoms with Gasteiger partial charge in [0.2, 0.25) is 15.9 Å². The summed E-state index contributed by atoms with van der Waals surface area (Å²) in [7, 11) is -3.59. The van der Waals surface area contributed by atoms with E-state index >= 15 is 0 Å². The van der Waals surface area contributed by atoms with Crippen LogP contribution in [0.4, 0.5) is 5.69 Å². The standard InChI is InChI=1S/C19H23BrN2O3S/c1-13-8-9-14(2)18(10-13)15(3)21-19(23)12-22(26(4,24)25)17-7-5-6-16(20)11-17/h5-11,15H,12H2,1-4H3,(H,21,23)/t15-/m1/s1. The molecular weight excluding hydrogens is 416 g/mol. The Hall–Kier alpha value is -1.86. The van der Waals surface area contributed by atoms with Crippen LogP contribution in [0.3, 0.4) is 0 Å². The van der Waals surface area contributed by atoms with E-state index in [1.165, 1.54) is 0 Å². The van der Waals surface area contributed by atoms with Crippen molar-refractivity contribution in [2.45, 2.75) is 26.8 Å². The minimum atomic E-state index is -3.59. The number of halogens is 1. The summed E-state index contributed by atoms with van der Waals surface area (Å²) in [6.45, 7) is 5.60. The Balaban J connectivity index is 2.19. The summed E-state index contributed by atoms with van der Waals surface area (Å²) >= 11 is 3.33. The lowest BCUT2D eigenvalue weighted by atomic mass is 10.00. The molecule has 26 heavy (non-hydrogen) atoms. The summed E-state index contributed by atoms with van der Waals surface area (Å²) in [5.41, 5.74) is 3.65. The third-order valence-electron chi connectivity index (χ3n) is 4.06.